The van der Waals surface area contributed by atoms with Crippen LogP contribution in [0.2, 0.25) is 3.43 Å². The average Bonchev–Trinajstić information content (AvgIpc) is 2.49. The van der Waals surface area contributed by atoms with E-state index in [2.05, 4.69) is 49.2 Å². The quantitative estimate of drug-likeness (QED) is 0.802. The molecule has 2 radical (unpaired) electrons. The third-order valence-corrected chi connectivity index (χ3v) is 6.15. The number of hydrogen-bond donors (Lipinski definition) is 1. The maximum atomic E-state index is 4.09. The molecule has 3 heteroatoms. The van der Waals surface area contributed by atoms with Crippen LogP contribution in [0.4, 0.5) is 0 Å². The molecular formula is C11H14N2Sn. The van der Waals surface area contributed by atoms with E-state index in [0.29, 0.717) is 3.43 Å². The van der Waals surface area contributed by atoms with Gasteiger partial charge in [-0.15, -0.1) is 0 Å². The summed E-state index contributed by atoms with van der Waals surface area (Å²) in [5.41, 5.74) is 1.17. The Morgan fingerprint density at radius 2 is 2.07 bits per heavy atom. The van der Waals surface area contributed by atoms with Gasteiger partial charge >= 0.3 is 94.4 Å². The Labute approximate surface area is 94.3 Å². The molecule has 2 nitrogen and oxygen atoms in total. The third-order valence-electron chi connectivity index (χ3n) is 1.99. The molecule has 2 rings (SSSR count). The molecule has 1 N–H and O–H groups in total. The first-order chi connectivity index (χ1) is 6.56. The summed E-state index contributed by atoms with van der Waals surface area (Å²) in [4.78, 5) is 0. The van der Waals surface area contributed by atoms with Gasteiger partial charge in [-0.1, -0.05) is 0 Å². The summed E-state index contributed by atoms with van der Waals surface area (Å²) >= 11 is -0.520. The Balaban J connectivity index is 2.46. The van der Waals surface area contributed by atoms with Gasteiger partial charge in [-0.05, 0) is 0 Å². The Morgan fingerprint density at radius 1 is 1.29 bits per heavy atom. The van der Waals surface area contributed by atoms with E-state index in [-0.39, 0.29) is 0 Å². The van der Waals surface area contributed by atoms with Gasteiger partial charge in [-0.3, -0.25) is 0 Å². The van der Waals surface area contributed by atoms with Crippen LogP contribution in [0.15, 0.2) is 24.4 Å². The number of hydrogen-bond acceptors (Lipinski definition) is 1. The van der Waals surface area contributed by atoms with Crippen LogP contribution in [0, 0.1) is 0 Å². The van der Waals surface area contributed by atoms with Crippen LogP contribution in [-0.2, 0) is 0 Å². The molecule has 0 bridgehead atoms. The van der Waals surface area contributed by atoms with Crippen molar-refractivity contribution in [3.8, 4) is 0 Å². The number of benzene rings is 1. The molecule has 14 heavy (non-hydrogen) atoms. The second-order valence-electron chi connectivity index (χ2n) is 4.51. The molecule has 0 saturated carbocycles. The molecule has 0 amide bonds. The Bertz CT molecular complexity index is 440. The number of aromatic amines is 1. The fraction of sp³-hybridized carbons (Fsp3) is 0.364. The van der Waals surface area contributed by atoms with E-state index >= 15 is 0 Å². The van der Waals surface area contributed by atoms with Gasteiger partial charge in [0.25, 0.3) is 0 Å². The van der Waals surface area contributed by atoms with E-state index in [9.17, 15) is 0 Å². The van der Waals surface area contributed by atoms with Crippen molar-refractivity contribution in [1.29, 1.82) is 0 Å². The predicted molar refractivity (Wildman–Crippen MR) is 61.2 cm³/mol. The number of nitrogens with one attached hydrogen (secondary N) is 1. The van der Waals surface area contributed by atoms with Gasteiger partial charge in [-0.2, -0.15) is 0 Å². The molecule has 1 aromatic carbocycles. The molecule has 1 aromatic heterocycles. The molecule has 0 aliphatic heterocycles. The molecule has 0 fully saturated rings. The van der Waals surface area contributed by atoms with Crippen molar-refractivity contribution >= 4 is 35.6 Å². The second kappa shape index (κ2) is 3.57. The summed E-state index contributed by atoms with van der Waals surface area (Å²) in [6, 6.07) is 6.48. The summed E-state index contributed by atoms with van der Waals surface area (Å²) in [5.74, 6) is 0. The first-order valence-electron chi connectivity index (χ1n) is 4.76. The normalized spacial score (nSPS) is 12.2. The standard InChI is InChI=1S/C7H5N2.C4H9.Sn/c1-2-4-7-6(3-1)5-8-9-7;1-4(2)3;/h1-2,4-5H,(H,8,9);1-3H3;. The van der Waals surface area contributed by atoms with Crippen LogP contribution < -0.4 is 3.58 Å². The number of H-pyrrole nitrogens is 1. The number of fused-ring (bicyclic) bond motifs is 1. The van der Waals surface area contributed by atoms with Crippen molar-refractivity contribution in [2.24, 2.45) is 0 Å². The summed E-state index contributed by atoms with van der Waals surface area (Å²) < 4.78 is 2.04. The summed E-state index contributed by atoms with van der Waals surface area (Å²) in [7, 11) is 0. The SMILES string of the molecule is C[C](C)(C)[Sn][c]1cccc2[nH]ncc12. The van der Waals surface area contributed by atoms with Crippen molar-refractivity contribution in [2.45, 2.75) is 24.2 Å². The van der Waals surface area contributed by atoms with Crippen LogP contribution in [0.1, 0.15) is 20.8 Å². The maximum absolute atomic E-state index is 4.09. The first-order valence-corrected chi connectivity index (χ1v) is 7.62. The van der Waals surface area contributed by atoms with Crippen LogP contribution >= 0.6 is 0 Å². The van der Waals surface area contributed by atoms with Crippen LogP contribution in [0.25, 0.3) is 10.9 Å². The summed E-state index contributed by atoms with van der Waals surface area (Å²) in [6.45, 7) is 6.99. The summed E-state index contributed by atoms with van der Waals surface area (Å²) in [6.07, 6.45) is 1.96. The van der Waals surface area contributed by atoms with Gasteiger partial charge in [0.2, 0.25) is 0 Å². The zero-order chi connectivity index (χ0) is 10.2. The second-order valence-corrected chi connectivity index (χ2v) is 11.0. The number of rotatable bonds is 1. The predicted octanol–water partition coefficient (Wildman–Crippen LogP) is 2.11. The molecule has 0 saturated heterocycles. The van der Waals surface area contributed by atoms with E-state index in [1.54, 1.807) is 3.58 Å². The third kappa shape index (κ3) is 2.11. The molecule has 0 spiro atoms. The van der Waals surface area contributed by atoms with Crippen molar-refractivity contribution < 1.29 is 0 Å². The molecule has 2 aromatic rings. The zero-order valence-electron chi connectivity index (χ0n) is 8.76. The molecule has 0 aliphatic rings. The van der Waals surface area contributed by atoms with Crippen LogP contribution in [-0.4, -0.2) is 31.3 Å². The Hall–Kier alpha value is -0.511. The fourth-order valence-electron chi connectivity index (χ4n) is 1.48. The van der Waals surface area contributed by atoms with Gasteiger partial charge < -0.3 is 0 Å². The topological polar surface area (TPSA) is 28.7 Å². The van der Waals surface area contributed by atoms with Gasteiger partial charge in [0.1, 0.15) is 0 Å². The van der Waals surface area contributed by atoms with Crippen molar-refractivity contribution in [3.63, 3.8) is 0 Å². The molecule has 0 aliphatic carbocycles. The number of nitrogens with zero attached hydrogens (tertiary/aromatic N) is 1. The molecule has 0 unspecified atom stereocenters. The van der Waals surface area contributed by atoms with Crippen molar-refractivity contribution in [2.75, 3.05) is 0 Å². The zero-order valence-corrected chi connectivity index (χ0v) is 11.6. The Morgan fingerprint density at radius 3 is 2.79 bits per heavy atom. The molecule has 72 valence electrons. The van der Waals surface area contributed by atoms with Crippen LogP contribution in [0.5, 0.6) is 0 Å². The first kappa shape index (κ1) is 10.0. The van der Waals surface area contributed by atoms with E-state index in [1.807, 2.05) is 6.20 Å². The Kier molecular flexibility index (Phi) is 2.56. The fourth-order valence-corrected chi connectivity index (χ4v) is 5.25. The number of aromatic nitrogens is 2. The van der Waals surface area contributed by atoms with E-state index in [4.69, 9.17) is 0 Å². The van der Waals surface area contributed by atoms with Gasteiger partial charge in [0.15, 0.2) is 0 Å². The minimum atomic E-state index is -0.520. The van der Waals surface area contributed by atoms with E-state index < -0.39 is 21.1 Å². The molecule has 1 heterocycles. The van der Waals surface area contributed by atoms with E-state index in [1.165, 1.54) is 10.9 Å². The van der Waals surface area contributed by atoms with Gasteiger partial charge in [0, 0.05) is 0 Å². The van der Waals surface area contributed by atoms with E-state index in [0.717, 1.165) is 0 Å². The average molecular weight is 293 g/mol. The monoisotopic (exact) mass is 294 g/mol. The molecular weight excluding hydrogens is 279 g/mol. The van der Waals surface area contributed by atoms with Crippen LogP contribution in [0.3, 0.4) is 0 Å². The van der Waals surface area contributed by atoms with Gasteiger partial charge in [-0.25, -0.2) is 0 Å². The summed E-state index contributed by atoms with van der Waals surface area (Å²) in [5, 5.41) is 8.44. The van der Waals surface area contributed by atoms with Crippen molar-refractivity contribution in [3.05, 3.63) is 24.4 Å². The van der Waals surface area contributed by atoms with Crippen molar-refractivity contribution in [1.82, 2.24) is 10.2 Å². The minimum absolute atomic E-state index is 0.495. The molecule has 0 atom stereocenters. The van der Waals surface area contributed by atoms with Gasteiger partial charge in [0.05, 0.1) is 0 Å².